The minimum absolute atomic E-state index is 0.0181. The van der Waals surface area contributed by atoms with E-state index in [0.29, 0.717) is 18.0 Å². The third-order valence-corrected chi connectivity index (χ3v) is 9.69. The lowest BCUT2D eigenvalue weighted by Crippen LogP contribution is -2.32. The van der Waals surface area contributed by atoms with E-state index in [4.69, 9.17) is 4.74 Å². The monoisotopic (exact) mass is 538 g/mol. The van der Waals surface area contributed by atoms with Crippen molar-refractivity contribution in [2.75, 3.05) is 0 Å². The average Bonchev–Trinajstić information content (AvgIpc) is 3.74. The molecule has 210 valence electrons. The van der Waals surface area contributed by atoms with Crippen molar-refractivity contribution in [2.45, 2.75) is 96.9 Å². The topological polar surface area (TPSA) is 62.7 Å². The molecule has 3 aromatic rings. The predicted molar refractivity (Wildman–Crippen MR) is 159 cm³/mol. The summed E-state index contributed by atoms with van der Waals surface area (Å²) in [5.74, 6) is 0.325. The molecule has 3 heterocycles. The Hall–Kier alpha value is -3.18. The molecule has 0 bridgehead atoms. The van der Waals surface area contributed by atoms with E-state index in [1.807, 2.05) is 20.0 Å². The van der Waals surface area contributed by atoms with E-state index in [1.54, 1.807) is 0 Å². The van der Waals surface area contributed by atoms with Gasteiger partial charge in [-0.25, -0.2) is 0 Å². The maximum Gasteiger partial charge on any atom is 0.306 e. The quantitative estimate of drug-likeness (QED) is 0.318. The van der Waals surface area contributed by atoms with Crippen LogP contribution in [0, 0.1) is 18.8 Å². The zero-order valence-corrected chi connectivity index (χ0v) is 24.3. The molecule has 0 radical (unpaired) electrons. The predicted octanol–water partition coefficient (Wildman–Crippen LogP) is 7.71. The van der Waals surface area contributed by atoms with Gasteiger partial charge in [-0.3, -0.25) is 14.7 Å². The Kier molecular flexibility index (Phi) is 7.43. The number of carboxylic acid groups (broad SMARTS) is 1. The summed E-state index contributed by atoms with van der Waals surface area (Å²) in [6.45, 7) is 9.51. The number of hydrogen-bond donors (Lipinski definition) is 1. The Morgan fingerprint density at radius 2 is 1.75 bits per heavy atom. The molecule has 1 N–H and O–H groups in total. The molecule has 2 aliphatic heterocycles. The molecule has 5 atom stereocenters. The second-order valence-corrected chi connectivity index (χ2v) is 12.5. The van der Waals surface area contributed by atoms with Gasteiger partial charge in [-0.15, -0.1) is 0 Å². The number of carbonyl (C=O) groups is 1. The van der Waals surface area contributed by atoms with Crippen molar-refractivity contribution in [2.24, 2.45) is 11.8 Å². The number of benzene rings is 2. The SMILES string of the molecule is Cc1cc(-c2ccc(C3CCc4ccc([C@H](C5CC5)[C@H](C)C(=O)O)cc4O3)c(CN3[C@H](C)CC[C@H]3C)c2)ccn1. The maximum absolute atomic E-state index is 11.9. The molecular weight excluding hydrogens is 496 g/mol. The lowest BCUT2D eigenvalue weighted by atomic mass is 9.82. The van der Waals surface area contributed by atoms with Gasteiger partial charge in [0.2, 0.25) is 0 Å². The van der Waals surface area contributed by atoms with Crippen LogP contribution in [0.15, 0.2) is 54.7 Å². The average molecular weight is 539 g/mol. The number of aryl methyl sites for hydroxylation is 2. The number of hydrogen-bond acceptors (Lipinski definition) is 4. The summed E-state index contributed by atoms with van der Waals surface area (Å²) in [6.07, 6.45) is 8.49. The minimum Gasteiger partial charge on any atom is -0.485 e. The van der Waals surface area contributed by atoms with Crippen molar-refractivity contribution in [3.8, 4) is 16.9 Å². The van der Waals surface area contributed by atoms with Gasteiger partial charge in [-0.1, -0.05) is 31.2 Å². The maximum atomic E-state index is 11.9. The van der Waals surface area contributed by atoms with E-state index in [2.05, 4.69) is 72.3 Å². The largest absolute Gasteiger partial charge is 0.485 e. The molecule has 2 fully saturated rings. The summed E-state index contributed by atoms with van der Waals surface area (Å²) in [5, 5.41) is 9.79. The first-order valence-electron chi connectivity index (χ1n) is 15.1. The second kappa shape index (κ2) is 11.0. The summed E-state index contributed by atoms with van der Waals surface area (Å²) >= 11 is 0. The number of ether oxygens (including phenoxy) is 1. The Morgan fingerprint density at radius 3 is 2.45 bits per heavy atom. The molecular formula is C35H42N2O3. The fourth-order valence-corrected chi connectivity index (χ4v) is 7.11. The van der Waals surface area contributed by atoms with E-state index in [0.717, 1.165) is 49.2 Å². The summed E-state index contributed by atoms with van der Waals surface area (Å²) < 4.78 is 6.80. The molecule has 1 aliphatic carbocycles. The molecule has 1 unspecified atom stereocenters. The highest BCUT2D eigenvalue weighted by molar-refractivity contribution is 5.71. The molecule has 3 aliphatic rings. The Labute approximate surface area is 238 Å². The van der Waals surface area contributed by atoms with Gasteiger partial charge in [0, 0.05) is 30.5 Å². The molecule has 0 spiro atoms. The Balaban J connectivity index is 1.33. The number of aliphatic carboxylic acids is 1. The van der Waals surface area contributed by atoms with E-state index < -0.39 is 11.9 Å². The number of aromatic nitrogens is 1. The first kappa shape index (κ1) is 27.0. The van der Waals surface area contributed by atoms with Crippen LogP contribution < -0.4 is 4.74 Å². The molecule has 0 amide bonds. The summed E-state index contributed by atoms with van der Waals surface area (Å²) in [6, 6.07) is 18.8. The molecule has 1 saturated carbocycles. The van der Waals surface area contributed by atoms with Gasteiger partial charge in [0.05, 0.1) is 5.92 Å². The van der Waals surface area contributed by atoms with Gasteiger partial charge in [0.1, 0.15) is 11.9 Å². The summed E-state index contributed by atoms with van der Waals surface area (Å²) in [7, 11) is 0. The van der Waals surface area contributed by atoms with Crippen molar-refractivity contribution in [3.63, 3.8) is 0 Å². The van der Waals surface area contributed by atoms with Crippen LogP contribution in [0.2, 0.25) is 0 Å². The van der Waals surface area contributed by atoms with Crippen molar-refractivity contribution in [3.05, 3.63) is 82.7 Å². The van der Waals surface area contributed by atoms with Gasteiger partial charge in [-0.05, 0) is 129 Å². The number of nitrogens with zero attached hydrogens (tertiary/aromatic N) is 2. The van der Waals surface area contributed by atoms with Gasteiger partial charge in [-0.2, -0.15) is 0 Å². The first-order chi connectivity index (χ1) is 19.3. The molecule has 1 aromatic heterocycles. The standard InChI is InChI=1S/C35H42N2O3/c1-21-17-28(15-16-36-21)27-11-13-31(30(18-27)20-37-22(2)5-6-23(37)3)32-14-12-25-7-10-29(19-33(25)40-32)34(26-8-9-26)24(4)35(38)39/h7,10-11,13,15-19,22-24,26,32,34H,5-6,8-9,12,14,20H2,1-4H3,(H,38,39)/t22-,23-,24+,32?,34+/m1/s1. The molecule has 2 aromatic carbocycles. The highest BCUT2D eigenvalue weighted by atomic mass is 16.5. The lowest BCUT2D eigenvalue weighted by molar-refractivity contribution is -0.142. The van der Waals surface area contributed by atoms with Crippen LogP contribution >= 0.6 is 0 Å². The lowest BCUT2D eigenvalue weighted by Gasteiger charge is -2.32. The van der Waals surface area contributed by atoms with Crippen molar-refractivity contribution in [1.29, 1.82) is 0 Å². The first-order valence-corrected chi connectivity index (χ1v) is 15.1. The van der Waals surface area contributed by atoms with Crippen LogP contribution in [0.3, 0.4) is 0 Å². The van der Waals surface area contributed by atoms with Crippen LogP contribution in [0.5, 0.6) is 5.75 Å². The number of rotatable bonds is 8. The number of carboxylic acids is 1. The number of likely N-dealkylation sites (tertiary alicyclic amines) is 1. The van der Waals surface area contributed by atoms with E-state index >= 15 is 0 Å². The van der Waals surface area contributed by atoms with Crippen LogP contribution in [0.1, 0.15) is 92.8 Å². The number of fused-ring (bicyclic) bond motifs is 1. The summed E-state index contributed by atoms with van der Waals surface area (Å²) in [4.78, 5) is 18.9. The third kappa shape index (κ3) is 5.41. The van der Waals surface area contributed by atoms with Gasteiger partial charge >= 0.3 is 5.97 Å². The van der Waals surface area contributed by atoms with Crippen LogP contribution in [0.4, 0.5) is 0 Å². The zero-order chi connectivity index (χ0) is 28.0. The smallest absolute Gasteiger partial charge is 0.306 e. The van der Waals surface area contributed by atoms with Crippen LogP contribution in [-0.2, 0) is 17.8 Å². The van der Waals surface area contributed by atoms with E-state index in [-0.39, 0.29) is 12.0 Å². The van der Waals surface area contributed by atoms with Crippen molar-refractivity contribution in [1.82, 2.24) is 9.88 Å². The zero-order valence-electron chi connectivity index (χ0n) is 24.3. The highest BCUT2D eigenvalue weighted by Crippen LogP contribution is 2.48. The van der Waals surface area contributed by atoms with E-state index in [1.165, 1.54) is 40.7 Å². The van der Waals surface area contributed by atoms with Crippen LogP contribution in [-0.4, -0.2) is 33.0 Å². The fourth-order valence-electron chi connectivity index (χ4n) is 7.11. The second-order valence-electron chi connectivity index (χ2n) is 12.5. The van der Waals surface area contributed by atoms with Crippen molar-refractivity contribution < 1.29 is 14.6 Å². The highest BCUT2D eigenvalue weighted by Gasteiger charge is 2.39. The molecule has 1 saturated heterocycles. The van der Waals surface area contributed by atoms with Gasteiger partial charge in [0.25, 0.3) is 0 Å². The minimum atomic E-state index is -0.715. The molecule has 5 heteroatoms. The van der Waals surface area contributed by atoms with Crippen molar-refractivity contribution >= 4 is 5.97 Å². The summed E-state index contributed by atoms with van der Waals surface area (Å²) in [5.41, 5.74) is 8.39. The van der Waals surface area contributed by atoms with E-state index in [9.17, 15) is 9.90 Å². The normalized spacial score (nSPS) is 24.2. The molecule has 6 rings (SSSR count). The molecule has 40 heavy (non-hydrogen) atoms. The van der Waals surface area contributed by atoms with Crippen LogP contribution in [0.25, 0.3) is 11.1 Å². The number of pyridine rings is 1. The van der Waals surface area contributed by atoms with Gasteiger partial charge in [0.15, 0.2) is 0 Å². The van der Waals surface area contributed by atoms with Gasteiger partial charge < -0.3 is 9.84 Å². The third-order valence-electron chi connectivity index (χ3n) is 9.69. The molecule has 5 nitrogen and oxygen atoms in total. The Bertz CT molecular complexity index is 1390. The Morgan fingerprint density at radius 1 is 1.00 bits per heavy atom. The fraction of sp³-hybridized carbons (Fsp3) is 0.486.